The maximum Gasteiger partial charge on any atom is 0.0334 e. The van der Waals surface area contributed by atoms with Crippen LogP contribution in [-0.4, -0.2) is 5.75 Å². The molecule has 0 aliphatic rings. The Morgan fingerprint density at radius 3 is 2.50 bits per heavy atom. The molecule has 0 aliphatic carbocycles. The molecule has 0 saturated carbocycles. The van der Waals surface area contributed by atoms with Crippen molar-refractivity contribution in [3.8, 4) is 0 Å². The Morgan fingerprint density at radius 2 is 2.00 bits per heavy atom. The molecule has 0 spiro atoms. The molecule has 1 aromatic carbocycles. The predicted molar refractivity (Wildman–Crippen MR) is 66.7 cm³/mol. The molecule has 0 aromatic heterocycles. The summed E-state index contributed by atoms with van der Waals surface area (Å²) in [5.74, 6) is 1.16. The lowest BCUT2D eigenvalue weighted by atomic mass is 10.1. The summed E-state index contributed by atoms with van der Waals surface area (Å²) < 4.78 is 0. The lowest BCUT2D eigenvalue weighted by Gasteiger charge is -2.15. The summed E-state index contributed by atoms with van der Waals surface area (Å²) in [7, 11) is 0. The van der Waals surface area contributed by atoms with Crippen LogP contribution < -0.4 is 0 Å². The summed E-state index contributed by atoms with van der Waals surface area (Å²) in [6, 6.07) is 10.7. The molecule has 0 amide bonds. The van der Waals surface area contributed by atoms with Crippen molar-refractivity contribution in [2.24, 2.45) is 0 Å². The van der Waals surface area contributed by atoms with E-state index in [4.69, 9.17) is 0 Å². The Kier molecular flexibility index (Phi) is 4.81. The van der Waals surface area contributed by atoms with E-state index in [1.807, 2.05) is 11.8 Å². The number of benzene rings is 1. The van der Waals surface area contributed by atoms with Crippen LogP contribution in [-0.2, 0) is 0 Å². The van der Waals surface area contributed by atoms with Gasteiger partial charge in [-0.15, -0.1) is 6.58 Å². The average molecular weight is 206 g/mol. The summed E-state index contributed by atoms with van der Waals surface area (Å²) >= 11 is 2.00. The highest BCUT2D eigenvalue weighted by Gasteiger charge is 2.10. The first-order chi connectivity index (χ1) is 6.74. The molecule has 1 rings (SSSR count). The van der Waals surface area contributed by atoms with Gasteiger partial charge in [-0.3, -0.25) is 0 Å². The van der Waals surface area contributed by atoms with Crippen molar-refractivity contribution >= 4 is 11.8 Å². The summed E-state index contributed by atoms with van der Waals surface area (Å²) in [6.45, 7) is 8.30. The van der Waals surface area contributed by atoms with E-state index in [1.165, 1.54) is 11.1 Å². The van der Waals surface area contributed by atoms with Gasteiger partial charge in [-0.1, -0.05) is 42.8 Å². The van der Waals surface area contributed by atoms with Crippen LogP contribution in [0.25, 0.3) is 0 Å². The maximum atomic E-state index is 3.99. The second-order valence-electron chi connectivity index (χ2n) is 3.52. The topological polar surface area (TPSA) is 0 Å². The Morgan fingerprint density at radius 1 is 1.36 bits per heavy atom. The third kappa shape index (κ3) is 3.59. The summed E-state index contributed by atoms with van der Waals surface area (Å²) in [4.78, 5) is 0. The molecule has 0 N–H and O–H groups in total. The fourth-order valence-corrected chi connectivity index (χ4v) is 2.61. The number of hydrogen-bond donors (Lipinski definition) is 0. The smallest absolute Gasteiger partial charge is 0.0334 e. The first-order valence-corrected chi connectivity index (χ1v) is 6.09. The molecular weight excluding hydrogens is 188 g/mol. The fraction of sp³-hybridized carbons (Fsp3) is 0.385. The molecule has 1 atom stereocenters. The molecule has 0 aliphatic heterocycles. The Balaban J connectivity index is 2.72. The summed E-state index contributed by atoms with van der Waals surface area (Å²) in [5.41, 5.74) is 2.68. The van der Waals surface area contributed by atoms with Crippen molar-refractivity contribution in [2.75, 3.05) is 5.75 Å². The molecule has 0 nitrogen and oxygen atoms in total. The van der Waals surface area contributed by atoms with Crippen molar-refractivity contribution in [2.45, 2.75) is 25.5 Å². The van der Waals surface area contributed by atoms with Gasteiger partial charge in [0.25, 0.3) is 0 Å². The highest BCUT2D eigenvalue weighted by molar-refractivity contribution is 7.99. The third-order valence-electron chi connectivity index (χ3n) is 2.07. The number of rotatable bonds is 5. The van der Waals surface area contributed by atoms with E-state index < -0.39 is 0 Å². The molecule has 0 saturated heterocycles. The summed E-state index contributed by atoms with van der Waals surface area (Å²) in [5, 5.41) is 0.582. The van der Waals surface area contributed by atoms with Gasteiger partial charge in [-0.25, -0.2) is 0 Å². The normalized spacial score (nSPS) is 12.4. The van der Waals surface area contributed by atoms with Crippen molar-refractivity contribution in [3.05, 3.63) is 48.0 Å². The first-order valence-electron chi connectivity index (χ1n) is 5.05. The number of allylic oxidation sites excluding steroid dienone is 1. The molecule has 0 radical (unpaired) electrons. The molecule has 0 heterocycles. The molecule has 76 valence electrons. The molecule has 0 fully saturated rings. The van der Waals surface area contributed by atoms with Crippen molar-refractivity contribution in [1.29, 1.82) is 0 Å². The third-order valence-corrected chi connectivity index (χ3v) is 3.25. The maximum absolute atomic E-state index is 3.99. The molecule has 0 bridgehead atoms. The van der Waals surface area contributed by atoms with E-state index in [1.54, 1.807) is 0 Å². The van der Waals surface area contributed by atoms with Crippen LogP contribution in [0.5, 0.6) is 0 Å². The quantitative estimate of drug-likeness (QED) is 0.641. The van der Waals surface area contributed by atoms with Gasteiger partial charge >= 0.3 is 0 Å². The van der Waals surface area contributed by atoms with Crippen molar-refractivity contribution in [3.63, 3.8) is 0 Å². The standard InChI is InChI=1S/C13H18S/c1-4-14-13(10-11(2)3)12-8-6-5-7-9-12/h5-9,13H,2,4,10H2,1,3H3. The van der Waals surface area contributed by atoms with Gasteiger partial charge in [-0.05, 0) is 24.7 Å². The van der Waals surface area contributed by atoms with Gasteiger partial charge in [-0.2, -0.15) is 11.8 Å². The van der Waals surface area contributed by atoms with Crippen molar-refractivity contribution in [1.82, 2.24) is 0 Å². The van der Waals surface area contributed by atoms with Gasteiger partial charge in [0.1, 0.15) is 0 Å². The van der Waals surface area contributed by atoms with E-state index in [2.05, 4.69) is 50.8 Å². The van der Waals surface area contributed by atoms with Gasteiger partial charge in [0.2, 0.25) is 0 Å². The predicted octanol–water partition coefficient (Wildman–Crippen LogP) is 4.45. The molecule has 1 heteroatoms. The van der Waals surface area contributed by atoms with Crippen LogP contribution in [0.1, 0.15) is 31.1 Å². The molecule has 1 unspecified atom stereocenters. The van der Waals surface area contributed by atoms with Crippen LogP contribution in [0.2, 0.25) is 0 Å². The van der Waals surface area contributed by atoms with Crippen molar-refractivity contribution < 1.29 is 0 Å². The van der Waals surface area contributed by atoms with Crippen LogP contribution in [0.3, 0.4) is 0 Å². The Hall–Kier alpha value is -0.690. The minimum atomic E-state index is 0.582. The zero-order chi connectivity index (χ0) is 10.4. The van der Waals surface area contributed by atoms with Crippen LogP contribution in [0.15, 0.2) is 42.5 Å². The van der Waals surface area contributed by atoms with E-state index >= 15 is 0 Å². The SMILES string of the molecule is C=C(C)CC(SCC)c1ccccc1. The minimum absolute atomic E-state index is 0.582. The van der Waals surface area contributed by atoms with Gasteiger partial charge < -0.3 is 0 Å². The second-order valence-corrected chi connectivity index (χ2v) is 5.00. The average Bonchev–Trinajstić information content (AvgIpc) is 2.18. The molecule has 14 heavy (non-hydrogen) atoms. The Labute approximate surface area is 91.4 Å². The van der Waals surface area contributed by atoms with E-state index in [0.29, 0.717) is 5.25 Å². The first kappa shape index (κ1) is 11.4. The van der Waals surface area contributed by atoms with E-state index in [0.717, 1.165) is 12.2 Å². The fourth-order valence-electron chi connectivity index (χ4n) is 1.46. The second kappa shape index (κ2) is 5.92. The largest absolute Gasteiger partial charge is 0.154 e. The minimum Gasteiger partial charge on any atom is -0.154 e. The number of thioether (sulfide) groups is 1. The van der Waals surface area contributed by atoms with Gasteiger partial charge in [0.05, 0.1) is 0 Å². The van der Waals surface area contributed by atoms with Crippen LogP contribution >= 0.6 is 11.8 Å². The Bertz CT molecular complexity index is 277. The molecule has 1 aromatic rings. The molecular formula is C13H18S. The van der Waals surface area contributed by atoms with Gasteiger partial charge in [0.15, 0.2) is 0 Å². The zero-order valence-corrected chi connectivity index (χ0v) is 9.81. The summed E-state index contributed by atoms with van der Waals surface area (Å²) in [6.07, 6.45) is 1.09. The number of hydrogen-bond acceptors (Lipinski definition) is 1. The van der Waals surface area contributed by atoms with Gasteiger partial charge in [0, 0.05) is 5.25 Å². The lowest BCUT2D eigenvalue weighted by molar-refractivity contribution is 0.919. The van der Waals surface area contributed by atoms with Crippen LogP contribution in [0, 0.1) is 0 Å². The monoisotopic (exact) mass is 206 g/mol. The van der Waals surface area contributed by atoms with Crippen LogP contribution in [0.4, 0.5) is 0 Å². The highest BCUT2D eigenvalue weighted by Crippen LogP contribution is 2.33. The zero-order valence-electron chi connectivity index (χ0n) is 8.99. The van der Waals surface area contributed by atoms with E-state index in [-0.39, 0.29) is 0 Å². The highest BCUT2D eigenvalue weighted by atomic mass is 32.2. The lowest BCUT2D eigenvalue weighted by Crippen LogP contribution is -1.95. The van der Waals surface area contributed by atoms with E-state index in [9.17, 15) is 0 Å².